The van der Waals surface area contributed by atoms with Crippen LogP contribution in [-0.4, -0.2) is 28.3 Å². The van der Waals surface area contributed by atoms with Gasteiger partial charge < -0.3 is 11.1 Å². The van der Waals surface area contributed by atoms with Crippen molar-refractivity contribution in [2.24, 2.45) is 18.7 Å². The summed E-state index contributed by atoms with van der Waals surface area (Å²) in [5, 5.41) is 6.88. The van der Waals surface area contributed by atoms with Crippen molar-refractivity contribution in [1.82, 2.24) is 15.1 Å². The van der Waals surface area contributed by atoms with Gasteiger partial charge in [0.05, 0.1) is 6.04 Å². The normalized spacial score (nSPS) is 12.8. The average molecular weight is 224 g/mol. The standard InChI is InChI=1S/C11H20N4O/c1-8(2)10(12)11(16)13-6-4-9-5-7-14-15(9)3/h5,7-8,10H,4,6,12H2,1-3H3,(H,13,16)/t10-/m0/s1. The highest BCUT2D eigenvalue weighted by atomic mass is 16.2. The van der Waals surface area contributed by atoms with Gasteiger partial charge in [-0.3, -0.25) is 9.48 Å². The number of nitrogens with one attached hydrogen (secondary N) is 1. The van der Waals surface area contributed by atoms with Crippen molar-refractivity contribution in [1.29, 1.82) is 0 Å². The van der Waals surface area contributed by atoms with Crippen LogP contribution in [0.1, 0.15) is 19.5 Å². The maximum Gasteiger partial charge on any atom is 0.237 e. The minimum atomic E-state index is -0.425. The lowest BCUT2D eigenvalue weighted by atomic mass is 10.1. The molecule has 1 rings (SSSR count). The second-order valence-corrected chi connectivity index (χ2v) is 4.26. The molecule has 16 heavy (non-hydrogen) atoms. The average Bonchev–Trinajstić information content (AvgIpc) is 2.63. The van der Waals surface area contributed by atoms with Crippen molar-refractivity contribution in [3.05, 3.63) is 18.0 Å². The Kier molecular flexibility index (Phi) is 4.49. The van der Waals surface area contributed by atoms with Crippen LogP contribution < -0.4 is 11.1 Å². The molecule has 3 N–H and O–H groups in total. The first kappa shape index (κ1) is 12.7. The van der Waals surface area contributed by atoms with Crippen LogP contribution in [0.25, 0.3) is 0 Å². The fourth-order valence-corrected chi connectivity index (χ4v) is 1.38. The Hall–Kier alpha value is -1.36. The van der Waals surface area contributed by atoms with Crippen molar-refractivity contribution < 1.29 is 4.79 Å². The molecular formula is C11H20N4O. The molecule has 1 atom stereocenters. The van der Waals surface area contributed by atoms with E-state index in [4.69, 9.17) is 5.73 Å². The van der Waals surface area contributed by atoms with E-state index in [1.165, 1.54) is 0 Å². The van der Waals surface area contributed by atoms with Crippen molar-refractivity contribution in [3.63, 3.8) is 0 Å². The largest absolute Gasteiger partial charge is 0.354 e. The van der Waals surface area contributed by atoms with Crippen LogP contribution in [0.3, 0.4) is 0 Å². The van der Waals surface area contributed by atoms with Crippen LogP contribution in [0.2, 0.25) is 0 Å². The zero-order valence-electron chi connectivity index (χ0n) is 10.1. The van der Waals surface area contributed by atoms with Crippen LogP contribution in [0, 0.1) is 5.92 Å². The predicted molar refractivity (Wildman–Crippen MR) is 62.7 cm³/mol. The minimum absolute atomic E-state index is 0.0860. The smallest absolute Gasteiger partial charge is 0.237 e. The van der Waals surface area contributed by atoms with E-state index in [9.17, 15) is 4.79 Å². The third-order valence-electron chi connectivity index (χ3n) is 2.62. The third-order valence-corrected chi connectivity index (χ3v) is 2.62. The summed E-state index contributed by atoms with van der Waals surface area (Å²) in [6.07, 6.45) is 2.52. The highest BCUT2D eigenvalue weighted by molar-refractivity contribution is 5.81. The Morgan fingerprint density at radius 1 is 1.62 bits per heavy atom. The lowest BCUT2D eigenvalue weighted by Gasteiger charge is -2.15. The van der Waals surface area contributed by atoms with Gasteiger partial charge >= 0.3 is 0 Å². The van der Waals surface area contributed by atoms with Crippen molar-refractivity contribution >= 4 is 5.91 Å². The molecule has 5 heteroatoms. The zero-order chi connectivity index (χ0) is 12.1. The fourth-order valence-electron chi connectivity index (χ4n) is 1.38. The van der Waals surface area contributed by atoms with Crippen molar-refractivity contribution in [2.45, 2.75) is 26.3 Å². The van der Waals surface area contributed by atoms with E-state index in [-0.39, 0.29) is 11.8 Å². The van der Waals surface area contributed by atoms with E-state index < -0.39 is 6.04 Å². The van der Waals surface area contributed by atoms with E-state index >= 15 is 0 Å². The number of nitrogens with two attached hydrogens (primary N) is 1. The van der Waals surface area contributed by atoms with Crippen LogP contribution in [0.15, 0.2) is 12.3 Å². The maximum atomic E-state index is 11.5. The molecule has 0 saturated heterocycles. The number of carbonyl (C=O) groups is 1. The third kappa shape index (κ3) is 3.34. The van der Waals surface area contributed by atoms with Crippen LogP contribution in [0.5, 0.6) is 0 Å². The van der Waals surface area contributed by atoms with Gasteiger partial charge in [0.15, 0.2) is 0 Å². The summed E-state index contributed by atoms with van der Waals surface area (Å²) in [4.78, 5) is 11.5. The summed E-state index contributed by atoms with van der Waals surface area (Å²) in [6.45, 7) is 4.47. The molecule has 0 unspecified atom stereocenters. The van der Waals surface area contributed by atoms with Crippen LogP contribution >= 0.6 is 0 Å². The number of amides is 1. The summed E-state index contributed by atoms with van der Waals surface area (Å²) in [7, 11) is 1.89. The molecule has 0 radical (unpaired) electrons. The molecule has 1 heterocycles. The van der Waals surface area contributed by atoms with Gasteiger partial charge in [-0.15, -0.1) is 0 Å². The molecule has 0 aromatic carbocycles. The number of nitrogens with zero attached hydrogens (tertiary/aromatic N) is 2. The second-order valence-electron chi connectivity index (χ2n) is 4.26. The molecule has 5 nitrogen and oxygen atoms in total. The van der Waals surface area contributed by atoms with E-state index in [1.54, 1.807) is 10.9 Å². The SMILES string of the molecule is CC(C)[C@H](N)C(=O)NCCc1ccnn1C. The Morgan fingerprint density at radius 2 is 2.31 bits per heavy atom. The van der Waals surface area contributed by atoms with Crippen LogP contribution in [-0.2, 0) is 18.3 Å². The highest BCUT2D eigenvalue weighted by Gasteiger charge is 2.16. The lowest BCUT2D eigenvalue weighted by molar-refractivity contribution is -0.123. The van der Waals surface area contributed by atoms with Gasteiger partial charge in [0, 0.05) is 31.9 Å². The molecule has 0 spiro atoms. The molecule has 0 bridgehead atoms. The first-order valence-corrected chi connectivity index (χ1v) is 5.52. The first-order valence-electron chi connectivity index (χ1n) is 5.52. The van der Waals surface area contributed by atoms with Gasteiger partial charge in [-0.2, -0.15) is 5.10 Å². The molecule has 1 aromatic rings. The molecule has 1 amide bonds. The number of aryl methyl sites for hydroxylation is 1. The van der Waals surface area contributed by atoms with Gasteiger partial charge in [0.25, 0.3) is 0 Å². The molecule has 0 aliphatic heterocycles. The van der Waals surface area contributed by atoms with E-state index in [0.29, 0.717) is 6.54 Å². The summed E-state index contributed by atoms with van der Waals surface area (Å²) in [5.41, 5.74) is 6.82. The van der Waals surface area contributed by atoms with E-state index in [1.807, 2.05) is 27.0 Å². The lowest BCUT2D eigenvalue weighted by Crippen LogP contribution is -2.44. The van der Waals surface area contributed by atoms with Gasteiger partial charge in [-0.05, 0) is 12.0 Å². The summed E-state index contributed by atoms with van der Waals surface area (Å²) < 4.78 is 1.80. The number of hydrogen-bond donors (Lipinski definition) is 2. The highest BCUT2D eigenvalue weighted by Crippen LogP contribution is 1.99. The molecule has 0 saturated carbocycles. The van der Waals surface area contributed by atoms with Gasteiger partial charge in [-0.25, -0.2) is 0 Å². The number of carbonyl (C=O) groups excluding carboxylic acids is 1. The topological polar surface area (TPSA) is 72.9 Å². The molecule has 0 fully saturated rings. The van der Waals surface area contributed by atoms with Gasteiger partial charge in [0.2, 0.25) is 5.91 Å². The Bertz CT molecular complexity index is 346. The number of aromatic nitrogens is 2. The number of hydrogen-bond acceptors (Lipinski definition) is 3. The predicted octanol–water partition coefficient (Wildman–Crippen LogP) is 0.0621. The minimum Gasteiger partial charge on any atom is -0.354 e. The molecule has 90 valence electrons. The maximum absolute atomic E-state index is 11.5. The quantitative estimate of drug-likeness (QED) is 0.743. The van der Waals surface area contributed by atoms with Crippen molar-refractivity contribution in [2.75, 3.05) is 6.54 Å². The zero-order valence-corrected chi connectivity index (χ0v) is 10.1. The Morgan fingerprint density at radius 3 is 2.81 bits per heavy atom. The Balaban J connectivity index is 2.31. The van der Waals surface area contributed by atoms with Crippen LogP contribution in [0.4, 0.5) is 0 Å². The summed E-state index contributed by atoms with van der Waals surface area (Å²) in [6, 6.07) is 1.51. The van der Waals surface area contributed by atoms with E-state index in [2.05, 4.69) is 10.4 Å². The molecule has 0 aliphatic rings. The summed E-state index contributed by atoms with van der Waals surface area (Å²) in [5.74, 6) is 0.0777. The van der Waals surface area contributed by atoms with E-state index in [0.717, 1.165) is 12.1 Å². The second kappa shape index (κ2) is 5.65. The Labute approximate surface area is 96.0 Å². The van der Waals surface area contributed by atoms with Crippen molar-refractivity contribution in [3.8, 4) is 0 Å². The monoisotopic (exact) mass is 224 g/mol. The first-order chi connectivity index (χ1) is 7.52. The number of rotatable bonds is 5. The summed E-state index contributed by atoms with van der Waals surface area (Å²) >= 11 is 0. The molecular weight excluding hydrogens is 204 g/mol. The van der Waals surface area contributed by atoms with Gasteiger partial charge in [0.1, 0.15) is 0 Å². The molecule has 0 aliphatic carbocycles. The van der Waals surface area contributed by atoms with Gasteiger partial charge in [-0.1, -0.05) is 13.8 Å². The fraction of sp³-hybridized carbons (Fsp3) is 0.636. The molecule has 1 aromatic heterocycles.